The van der Waals surface area contributed by atoms with Crippen molar-refractivity contribution in [3.8, 4) is 0 Å². The summed E-state index contributed by atoms with van der Waals surface area (Å²) in [5.41, 5.74) is 0.573. The zero-order valence-electron chi connectivity index (χ0n) is 6.93. The molecule has 1 radical (unpaired) electrons. The topological polar surface area (TPSA) is 63.5 Å². The summed E-state index contributed by atoms with van der Waals surface area (Å²) in [6.07, 6.45) is 1.64. The Labute approximate surface area is 74.7 Å². The van der Waals surface area contributed by atoms with Gasteiger partial charge in [0.1, 0.15) is 0 Å². The van der Waals surface area contributed by atoms with Crippen molar-refractivity contribution in [2.24, 2.45) is 0 Å². The number of hydrogen-bond donors (Lipinski definition) is 0. The highest BCUT2D eigenvalue weighted by molar-refractivity contribution is 5.74. The minimum absolute atomic E-state index is 0.00282. The second-order valence-corrected chi connectivity index (χ2v) is 2.42. The summed E-state index contributed by atoms with van der Waals surface area (Å²) in [6, 6.07) is 5.65. The first-order valence-electron chi connectivity index (χ1n) is 3.51. The molecule has 1 amide bonds. The normalized spacial score (nSPS) is 9.31. The Morgan fingerprint density at radius 3 is 2.31 bits per heavy atom. The van der Waals surface area contributed by atoms with Crippen molar-refractivity contribution < 1.29 is 9.72 Å². The molecule has 0 fully saturated rings. The lowest BCUT2D eigenvalue weighted by Gasteiger charge is -2.07. The Morgan fingerprint density at radius 1 is 1.38 bits per heavy atom. The van der Waals surface area contributed by atoms with Gasteiger partial charge in [0.2, 0.25) is 0 Å². The van der Waals surface area contributed by atoms with Crippen molar-refractivity contribution in [2.45, 2.75) is 0 Å². The molecule has 0 aliphatic heterocycles. The monoisotopic (exact) mass is 179 g/mol. The Morgan fingerprint density at radius 2 is 1.92 bits per heavy atom. The second kappa shape index (κ2) is 3.66. The molecule has 1 rings (SSSR count). The number of benzene rings is 1. The highest BCUT2D eigenvalue weighted by Gasteiger charge is 2.05. The molecule has 0 spiro atoms. The van der Waals surface area contributed by atoms with Gasteiger partial charge in [-0.3, -0.25) is 14.9 Å². The molecule has 0 saturated heterocycles. The van der Waals surface area contributed by atoms with Gasteiger partial charge in [-0.1, -0.05) is 0 Å². The molecular formula is C8H7N2O3. The van der Waals surface area contributed by atoms with Crippen molar-refractivity contribution in [1.82, 2.24) is 0 Å². The molecule has 0 heterocycles. The van der Waals surface area contributed by atoms with Crippen molar-refractivity contribution >= 4 is 17.8 Å². The Hall–Kier alpha value is -1.91. The lowest BCUT2D eigenvalue weighted by atomic mass is 10.3. The first kappa shape index (κ1) is 9.18. The summed E-state index contributed by atoms with van der Waals surface area (Å²) < 4.78 is 0. The molecule has 0 bridgehead atoms. The van der Waals surface area contributed by atoms with E-state index in [9.17, 15) is 14.9 Å². The van der Waals surface area contributed by atoms with Crippen LogP contribution in [0.3, 0.4) is 0 Å². The Bertz CT molecular complexity index is 321. The average Bonchev–Trinajstić information content (AvgIpc) is 2.17. The predicted octanol–water partition coefficient (Wildman–Crippen LogP) is 1.10. The van der Waals surface area contributed by atoms with Crippen LogP contribution in [0.25, 0.3) is 0 Å². The lowest BCUT2D eigenvalue weighted by Crippen LogP contribution is -2.13. The summed E-state index contributed by atoms with van der Waals surface area (Å²) in [4.78, 5) is 21.2. The smallest absolute Gasteiger partial charge is 0.307 e. The second-order valence-electron chi connectivity index (χ2n) is 2.42. The van der Waals surface area contributed by atoms with Gasteiger partial charge in [0.15, 0.2) is 0 Å². The quantitative estimate of drug-likeness (QED) is 0.396. The fourth-order valence-electron chi connectivity index (χ4n) is 0.851. The summed E-state index contributed by atoms with van der Waals surface area (Å²) in [7, 11) is 1.52. The van der Waals surface area contributed by atoms with Crippen LogP contribution in [0, 0.1) is 10.1 Å². The molecule has 0 unspecified atom stereocenters. The molecule has 1 aromatic rings. The third kappa shape index (κ3) is 2.02. The largest absolute Gasteiger partial charge is 0.316 e. The van der Waals surface area contributed by atoms with Gasteiger partial charge in [-0.15, -0.1) is 0 Å². The van der Waals surface area contributed by atoms with Crippen molar-refractivity contribution in [1.29, 1.82) is 0 Å². The average molecular weight is 179 g/mol. The third-order valence-electron chi connectivity index (χ3n) is 1.58. The van der Waals surface area contributed by atoms with Gasteiger partial charge in [-0.2, -0.15) is 0 Å². The van der Waals surface area contributed by atoms with E-state index in [0.717, 1.165) is 0 Å². The molecule has 0 aromatic heterocycles. The van der Waals surface area contributed by atoms with Crippen LogP contribution in [-0.2, 0) is 4.79 Å². The maximum atomic E-state index is 10.3. The number of nitrogens with zero attached hydrogens (tertiary/aromatic N) is 2. The first-order valence-corrected chi connectivity index (χ1v) is 3.51. The fraction of sp³-hybridized carbons (Fsp3) is 0.125. The molecule has 0 aliphatic rings. The molecule has 13 heavy (non-hydrogen) atoms. The first-order chi connectivity index (χ1) is 6.15. The van der Waals surface area contributed by atoms with Gasteiger partial charge in [0.25, 0.3) is 5.69 Å². The lowest BCUT2D eigenvalue weighted by molar-refractivity contribution is -0.384. The van der Waals surface area contributed by atoms with Crippen LogP contribution >= 0.6 is 0 Å². The zero-order valence-corrected chi connectivity index (χ0v) is 6.93. The maximum absolute atomic E-state index is 10.3. The number of nitro benzene ring substituents is 1. The Kier molecular flexibility index (Phi) is 2.59. The molecule has 0 atom stereocenters. The van der Waals surface area contributed by atoms with Crippen molar-refractivity contribution in [2.75, 3.05) is 11.9 Å². The number of hydrogen-bond acceptors (Lipinski definition) is 3. The van der Waals surface area contributed by atoms with E-state index in [0.29, 0.717) is 5.69 Å². The van der Waals surface area contributed by atoms with E-state index in [1.54, 1.807) is 6.41 Å². The van der Waals surface area contributed by atoms with Crippen molar-refractivity contribution in [3.05, 3.63) is 34.4 Å². The zero-order chi connectivity index (χ0) is 9.84. The number of rotatable bonds is 3. The molecule has 0 N–H and O–H groups in total. The molecule has 67 valence electrons. The van der Waals surface area contributed by atoms with Crippen LogP contribution in [0.5, 0.6) is 0 Å². The number of non-ortho nitro benzene ring substituents is 1. The van der Waals surface area contributed by atoms with E-state index in [-0.39, 0.29) is 5.69 Å². The minimum Gasteiger partial charge on any atom is -0.307 e. The van der Waals surface area contributed by atoms with Gasteiger partial charge >= 0.3 is 6.41 Å². The molecule has 5 nitrogen and oxygen atoms in total. The molecule has 5 heteroatoms. The SMILES string of the molecule is CN([C]=O)c1ccc([N+](=O)[O-])cc1. The molecule has 0 saturated carbocycles. The number of nitro groups is 1. The van der Waals surface area contributed by atoms with E-state index >= 15 is 0 Å². The predicted molar refractivity (Wildman–Crippen MR) is 47.2 cm³/mol. The van der Waals surface area contributed by atoms with Crippen LogP contribution in [0.2, 0.25) is 0 Å². The molecule has 0 aliphatic carbocycles. The van der Waals surface area contributed by atoms with E-state index in [4.69, 9.17) is 0 Å². The molecule has 1 aromatic carbocycles. The van der Waals surface area contributed by atoms with Crippen LogP contribution in [0.15, 0.2) is 24.3 Å². The van der Waals surface area contributed by atoms with Crippen LogP contribution in [0.4, 0.5) is 11.4 Å². The summed E-state index contributed by atoms with van der Waals surface area (Å²) in [6.45, 7) is 0. The molecular weight excluding hydrogens is 172 g/mol. The van der Waals surface area contributed by atoms with Gasteiger partial charge in [-0.05, 0) is 12.1 Å². The fourth-order valence-corrected chi connectivity index (χ4v) is 0.851. The van der Waals surface area contributed by atoms with E-state index in [1.165, 1.54) is 36.2 Å². The number of carbonyl (C=O) groups excluding carboxylic acids is 1. The summed E-state index contributed by atoms with van der Waals surface area (Å²) in [5, 5.41) is 10.3. The van der Waals surface area contributed by atoms with Crippen molar-refractivity contribution in [3.63, 3.8) is 0 Å². The van der Waals surface area contributed by atoms with Gasteiger partial charge < -0.3 is 4.90 Å². The van der Waals surface area contributed by atoms with E-state index < -0.39 is 4.92 Å². The number of amides is 1. The summed E-state index contributed by atoms with van der Waals surface area (Å²) >= 11 is 0. The standard InChI is InChI=1S/C8H7N2O3/c1-9(6-11)7-2-4-8(5-3-7)10(12)13/h2-5H,1H3. The summed E-state index contributed by atoms with van der Waals surface area (Å²) in [5.74, 6) is 0. The van der Waals surface area contributed by atoms with Crippen LogP contribution in [-0.4, -0.2) is 18.4 Å². The highest BCUT2D eigenvalue weighted by Crippen LogP contribution is 2.16. The van der Waals surface area contributed by atoms with E-state index in [1.807, 2.05) is 0 Å². The van der Waals surface area contributed by atoms with Gasteiger partial charge in [0.05, 0.1) is 4.92 Å². The van der Waals surface area contributed by atoms with Gasteiger partial charge in [-0.25, -0.2) is 0 Å². The Balaban J connectivity index is 2.93. The van der Waals surface area contributed by atoms with Crippen LogP contribution < -0.4 is 4.90 Å². The van der Waals surface area contributed by atoms with Crippen LogP contribution in [0.1, 0.15) is 0 Å². The highest BCUT2D eigenvalue weighted by atomic mass is 16.6. The van der Waals surface area contributed by atoms with Gasteiger partial charge in [0, 0.05) is 24.9 Å². The van der Waals surface area contributed by atoms with E-state index in [2.05, 4.69) is 0 Å². The third-order valence-corrected chi connectivity index (χ3v) is 1.58. The maximum Gasteiger partial charge on any atom is 0.316 e. The minimum atomic E-state index is -0.492. The number of anilines is 1.